The van der Waals surface area contributed by atoms with E-state index in [-0.39, 0.29) is 6.04 Å². The fourth-order valence-electron chi connectivity index (χ4n) is 2.41. The molecule has 3 aromatic rings. The van der Waals surface area contributed by atoms with Gasteiger partial charge in [-0.15, -0.1) is 22.7 Å². The lowest BCUT2D eigenvalue weighted by Crippen LogP contribution is -2.10. The molecule has 0 spiro atoms. The topological polar surface area (TPSA) is 75.1 Å². The number of aromatic carboxylic acids is 1. The number of aryl methyl sites for hydroxylation is 1. The third-order valence-corrected chi connectivity index (χ3v) is 5.70. The Balaban J connectivity index is 2.05. The van der Waals surface area contributed by atoms with Crippen LogP contribution in [0.2, 0.25) is 0 Å². The molecule has 0 fully saturated rings. The van der Waals surface area contributed by atoms with Crippen molar-refractivity contribution in [1.82, 2.24) is 9.97 Å². The molecule has 22 heavy (non-hydrogen) atoms. The lowest BCUT2D eigenvalue weighted by atomic mass is 10.1. The number of anilines is 1. The molecule has 0 aliphatic heterocycles. The maximum Gasteiger partial charge on any atom is 0.346 e. The number of hydrogen-bond donors (Lipinski definition) is 2. The summed E-state index contributed by atoms with van der Waals surface area (Å²) in [4.78, 5) is 22.1. The number of aromatic nitrogens is 2. The summed E-state index contributed by atoms with van der Waals surface area (Å²) in [5, 5.41) is 15.6. The average Bonchev–Trinajstić information content (AvgIpc) is 3.13. The number of fused-ring (bicyclic) bond motifs is 1. The summed E-state index contributed by atoms with van der Waals surface area (Å²) < 4.78 is 0. The molecule has 0 aliphatic rings. The van der Waals surface area contributed by atoms with Crippen molar-refractivity contribution in [2.24, 2.45) is 0 Å². The molecule has 0 bridgehead atoms. The summed E-state index contributed by atoms with van der Waals surface area (Å²) in [6.07, 6.45) is 2.40. The average molecular weight is 333 g/mol. The number of thiophene rings is 2. The molecule has 3 rings (SSSR count). The van der Waals surface area contributed by atoms with Crippen molar-refractivity contribution in [2.45, 2.75) is 26.3 Å². The lowest BCUT2D eigenvalue weighted by Gasteiger charge is -2.16. The highest BCUT2D eigenvalue weighted by Crippen LogP contribution is 2.35. The van der Waals surface area contributed by atoms with E-state index < -0.39 is 5.97 Å². The zero-order chi connectivity index (χ0) is 15.7. The van der Waals surface area contributed by atoms with Crippen LogP contribution in [0.1, 0.15) is 39.5 Å². The van der Waals surface area contributed by atoms with Gasteiger partial charge in [0, 0.05) is 4.88 Å². The number of nitrogens with one attached hydrogen (secondary N) is 1. The predicted octanol–water partition coefficient (Wildman–Crippen LogP) is 4.32. The van der Waals surface area contributed by atoms with Crippen LogP contribution < -0.4 is 5.32 Å². The highest BCUT2D eigenvalue weighted by Gasteiger charge is 2.20. The minimum absolute atomic E-state index is 0.158. The molecular weight excluding hydrogens is 318 g/mol. The Hall–Kier alpha value is -1.99. The summed E-state index contributed by atoms with van der Waals surface area (Å²) >= 11 is 2.89. The predicted molar refractivity (Wildman–Crippen MR) is 90.1 cm³/mol. The molecule has 1 unspecified atom stereocenters. The molecule has 0 aromatic carbocycles. The number of rotatable bonds is 5. The molecule has 0 saturated carbocycles. The number of carboxylic acid groups (broad SMARTS) is 1. The van der Waals surface area contributed by atoms with Gasteiger partial charge in [-0.25, -0.2) is 14.8 Å². The molecule has 3 heterocycles. The van der Waals surface area contributed by atoms with E-state index in [0.29, 0.717) is 15.5 Å². The van der Waals surface area contributed by atoms with Gasteiger partial charge in [-0.2, -0.15) is 0 Å². The third-order valence-electron chi connectivity index (χ3n) is 3.53. The van der Waals surface area contributed by atoms with Crippen molar-refractivity contribution in [2.75, 3.05) is 5.32 Å². The number of hydrogen-bond acceptors (Lipinski definition) is 6. The van der Waals surface area contributed by atoms with E-state index in [1.165, 1.54) is 22.5 Å². The Morgan fingerprint density at radius 3 is 2.91 bits per heavy atom. The molecule has 0 aliphatic carbocycles. The van der Waals surface area contributed by atoms with Crippen LogP contribution in [0.3, 0.4) is 0 Å². The molecule has 3 aromatic heterocycles. The van der Waals surface area contributed by atoms with Gasteiger partial charge in [0.05, 0.1) is 11.4 Å². The van der Waals surface area contributed by atoms with Crippen LogP contribution in [0, 0.1) is 6.92 Å². The van der Waals surface area contributed by atoms with Gasteiger partial charge >= 0.3 is 5.97 Å². The molecule has 7 heteroatoms. The van der Waals surface area contributed by atoms with E-state index >= 15 is 0 Å². The number of carboxylic acids is 1. The van der Waals surface area contributed by atoms with Gasteiger partial charge in [0.1, 0.15) is 21.9 Å². The summed E-state index contributed by atoms with van der Waals surface area (Å²) in [5.74, 6) is -0.219. The van der Waals surface area contributed by atoms with Crippen LogP contribution in [-0.4, -0.2) is 21.0 Å². The quantitative estimate of drug-likeness (QED) is 0.727. The molecule has 0 amide bonds. The summed E-state index contributed by atoms with van der Waals surface area (Å²) in [6.45, 7) is 3.92. The van der Waals surface area contributed by atoms with Crippen LogP contribution in [-0.2, 0) is 0 Å². The summed E-state index contributed by atoms with van der Waals surface area (Å²) in [5.41, 5.74) is 0.719. The first kappa shape index (κ1) is 14.9. The Kier molecular flexibility index (Phi) is 4.08. The fraction of sp³-hybridized carbons (Fsp3) is 0.267. The third kappa shape index (κ3) is 2.57. The highest BCUT2D eigenvalue weighted by atomic mass is 32.1. The van der Waals surface area contributed by atoms with Crippen LogP contribution >= 0.6 is 22.7 Å². The summed E-state index contributed by atoms with van der Waals surface area (Å²) in [7, 11) is 0. The molecule has 5 nitrogen and oxygen atoms in total. The van der Waals surface area contributed by atoms with Crippen LogP contribution in [0.5, 0.6) is 0 Å². The first-order valence-corrected chi connectivity index (χ1v) is 8.58. The number of nitrogens with zero attached hydrogens (tertiary/aromatic N) is 2. The van der Waals surface area contributed by atoms with Crippen molar-refractivity contribution in [3.8, 4) is 0 Å². The second kappa shape index (κ2) is 6.02. The molecule has 0 saturated heterocycles. The van der Waals surface area contributed by atoms with E-state index in [1.54, 1.807) is 11.3 Å². The van der Waals surface area contributed by atoms with Crippen LogP contribution in [0.25, 0.3) is 10.2 Å². The normalized spacial score (nSPS) is 12.5. The lowest BCUT2D eigenvalue weighted by molar-refractivity contribution is 0.0701. The van der Waals surface area contributed by atoms with Crippen LogP contribution in [0.15, 0.2) is 23.8 Å². The van der Waals surface area contributed by atoms with Crippen molar-refractivity contribution in [3.63, 3.8) is 0 Å². The number of carbonyl (C=O) groups is 1. The first-order chi connectivity index (χ1) is 10.6. The SMILES string of the molecule is CCC(Nc1ncnc2sc(C(=O)O)c(C)c12)c1cccs1. The maximum absolute atomic E-state index is 11.3. The zero-order valence-corrected chi connectivity index (χ0v) is 13.8. The molecule has 114 valence electrons. The molecule has 1 atom stereocenters. The Morgan fingerprint density at radius 2 is 2.27 bits per heavy atom. The van der Waals surface area contributed by atoms with Gasteiger partial charge in [0.2, 0.25) is 0 Å². The monoisotopic (exact) mass is 333 g/mol. The van der Waals surface area contributed by atoms with Gasteiger partial charge in [0.15, 0.2) is 0 Å². The minimum atomic E-state index is -0.920. The van der Waals surface area contributed by atoms with Crippen molar-refractivity contribution >= 4 is 44.7 Å². The standard InChI is InChI=1S/C15H15N3O2S2/c1-3-9(10-5-4-6-21-10)18-13-11-8(2)12(15(19)20)22-14(11)17-7-16-13/h4-7,9H,3H2,1-2H3,(H,19,20)(H,16,17,18). The summed E-state index contributed by atoms with van der Waals surface area (Å²) in [6, 6.07) is 4.27. The molecule has 0 radical (unpaired) electrons. The zero-order valence-electron chi connectivity index (χ0n) is 12.2. The van der Waals surface area contributed by atoms with E-state index in [4.69, 9.17) is 0 Å². The van der Waals surface area contributed by atoms with E-state index in [0.717, 1.165) is 17.4 Å². The largest absolute Gasteiger partial charge is 0.477 e. The fourth-order valence-corrected chi connectivity index (χ4v) is 4.26. The van der Waals surface area contributed by atoms with Gasteiger partial charge in [-0.3, -0.25) is 0 Å². The first-order valence-electron chi connectivity index (χ1n) is 6.89. The maximum atomic E-state index is 11.3. The van der Waals surface area contributed by atoms with Gasteiger partial charge in [-0.05, 0) is 30.4 Å². The second-order valence-electron chi connectivity index (χ2n) is 4.88. The van der Waals surface area contributed by atoms with Crippen LogP contribution in [0.4, 0.5) is 5.82 Å². The Labute approximate surface area is 135 Å². The smallest absolute Gasteiger partial charge is 0.346 e. The van der Waals surface area contributed by atoms with Crippen molar-refractivity contribution < 1.29 is 9.90 Å². The van der Waals surface area contributed by atoms with E-state index in [2.05, 4.69) is 28.3 Å². The van der Waals surface area contributed by atoms with Gasteiger partial charge < -0.3 is 10.4 Å². The Morgan fingerprint density at radius 1 is 1.45 bits per heavy atom. The second-order valence-corrected chi connectivity index (χ2v) is 6.86. The van der Waals surface area contributed by atoms with E-state index in [9.17, 15) is 9.90 Å². The van der Waals surface area contributed by atoms with E-state index in [1.807, 2.05) is 18.4 Å². The minimum Gasteiger partial charge on any atom is -0.477 e. The Bertz CT molecular complexity index is 812. The molecule has 2 N–H and O–H groups in total. The van der Waals surface area contributed by atoms with Gasteiger partial charge in [0.25, 0.3) is 0 Å². The van der Waals surface area contributed by atoms with Crippen molar-refractivity contribution in [3.05, 3.63) is 39.2 Å². The highest BCUT2D eigenvalue weighted by molar-refractivity contribution is 7.20. The van der Waals surface area contributed by atoms with Gasteiger partial charge in [-0.1, -0.05) is 13.0 Å². The van der Waals surface area contributed by atoms with Crippen molar-refractivity contribution in [1.29, 1.82) is 0 Å². The molecular formula is C15H15N3O2S2.